The molecule has 2 fully saturated rings. The Kier molecular flexibility index (Phi) is 7.27. The van der Waals surface area contributed by atoms with Gasteiger partial charge in [0.05, 0.1) is 10.8 Å². The largest absolute Gasteiger partial charge is 0.354 e. The lowest BCUT2D eigenvalue weighted by atomic mass is 9.97. The summed E-state index contributed by atoms with van der Waals surface area (Å²) in [5, 5.41) is 11.2. The molecule has 10 heteroatoms. The molecule has 2 aromatic rings. The molecule has 0 spiro atoms. The van der Waals surface area contributed by atoms with Crippen LogP contribution < -0.4 is 10.2 Å². The predicted molar refractivity (Wildman–Crippen MR) is 124 cm³/mol. The molecule has 1 N–H and O–H groups in total. The third-order valence-electron chi connectivity index (χ3n) is 6.04. The summed E-state index contributed by atoms with van der Waals surface area (Å²) in [6.45, 7) is 2.41. The standard InChI is InChI=1S/C22H28ClN5O3S/c23-20-10-11-21(26-25-20)27-12-6-7-17(16-27)22(29)24-18-8-5-9-19(15-18)32(30,31)28-13-3-1-2-4-14-28/h5,8-11,15,17H,1-4,6-7,12-14,16H2,(H,24,29)/t17-/m0/s1. The van der Waals surface area contributed by atoms with Crippen LogP contribution in [0.25, 0.3) is 0 Å². The van der Waals surface area contributed by atoms with Gasteiger partial charge < -0.3 is 10.2 Å². The van der Waals surface area contributed by atoms with Crippen molar-refractivity contribution < 1.29 is 13.2 Å². The lowest BCUT2D eigenvalue weighted by Crippen LogP contribution is -2.41. The topological polar surface area (TPSA) is 95.5 Å². The van der Waals surface area contributed by atoms with Gasteiger partial charge in [-0.1, -0.05) is 30.5 Å². The second-order valence-electron chi connectivity index (χ2n) is 8.33. The van der Waals surface area contributed by atoms with Crippen molar-refractivity contribution in [2.45, 2.75) is 43.4 Å². The molecule has 2 saturated heterocycles. The summed E-state index contributed by atoms with van der Waals surface area (Å²) in [6.07, 6.45) is 5.49. The zero-order chi connectivity index (χ0) is 22.6. The van der Waals surface area contributed by atoms with Crippen LogP contribution in [-0.4, -0.2) is 55.0 Å². The highest BCUT2D eigenvalue weighted by Gasteiger charge is 2.28. The predicted octanol–water partition coefficient (Wildman–Crippen LogP) is 3.55. The smallest absolute Gasteiger partial charge is 0.243 e. The molecule has 172 valence electrons. The fourth-order valence-corrected chi connectivity index (χ4v) is 5.95. The zero-order valence-electron chi connectivity index (χ0n) is 17.9. The van der Waals surface area contributed by atoms with Crippen molar-refractivity contribution in [2.24, 2.45) is 5.92 Å². The van der Waals surface area contributed by atoms with Gasteiger partial charge in [-0.2, -0.15) is 4.31 Å². The number of carbonyl (C=O) groups is 1. The van der Waals surface area contributed by atoms with Gasteiger partial charge in [0, 0.05) is 31.9 Å². The lowest BCUT2D eigenvalue weighted by Gasteiger charge is -2.32. The van der Waals surface area contributed by atoms with E-state index < -0.39 is 10.0 Å². The first-order valence-corrected chi connectivity index (χ1v) is 12.9. The van der Waals surface area contributed by atoms with Gasteiger partial charge in [0.2, 0.25) is 15.9 Å². The van der Waals surface area contributed by atoms with E-state index in [0.717, 1.165) is 45.1 Å². The van der Waals surface area contributed by atoms with Crippen LogP contribution in [0.4, 0.5) is 11.5 Å². The normalized spacial score (nSPS) is 20.5. The molecule has 2 aliphatic heterocycles. The van der Waals surface area contributed by atoms with Crippen LogP contribution in [0.1, 0.15) is 38.5 Å². The van der Waals surface area contributed by atoms with Gasteiger partial charge in [-0.05, 0) is 56.0 Å². The average molecular weight is 478 g/mol. The SMILES string of the molecule is O=C(Nc1cccc(S(=O)(=O)N2CCCCCC2)c1)[C@H]1CCCN(c2ccc(Cl)nn2)C1. The van der Waals surface area contributed by atoms with Crippen LogP contribution >= 0.6 is 11.6 Å². The summed E-state index contributed by atoms with van der Waals surface area (Å²) >= 11 is 5.82. The first-order chi connectivity index (χ1) is 15.4. The molecule has 2 aliphatic rings. The second-order valence-corrected chi connectivity index (χ2v) is 10.7. The number of anilines is 2. The number of benzene rings is 1. The number of carbonyl (C=O) groups excluding carboxylic acids is 1. The van der Waals surface area contributed by atoms with Crippen molar-refractivity contribution in [3.63, 3.8) is 0 Å². The monoisotopic (exact) mass is 477 g/mol. The van der Waals surface area contributed by atoms with Crippen LogP contribution in [-0.2, 0) is 14.8 Å². The minimum atomic E-state index is -3.57. The highest BCUT2D eigenvalue weighted by Crippen LogP contribution is 2.25. The summed E-state index contributed by atoms with van der Waals surface area (Å²) in [5.41, 5.74) is 0.495. The Hall–Kier alpha value is -2.23. The summed E-state index contributed by atoms with van der Waals surface area (Å²) in [6, 6.07) is 10.0. The van der Waals surface area contributed by atoms with E-state index in [0.29, 0.717) is 36.3 Å². The van der Waals surface area contributed by atoms with E-state index in [9.17, 15) is 13.2 Å². The van der Waals surface area contributed by atoms with E-state index in [1.54, 1.807) is 40.7 Å². The fourth-order valence-electron chi connectivity index (χ4n) is 4.29. The molecule has 0 unspecified atom stereocenters. The van der Waals surface area contributed by atoms with E-state index in [4.69, 9.17) is 11.6 Å². The number of hydrogen-bond donors (Lipinski definition) is 1. The van der Waals surface area contributed by atoms with Crippen molar-refractivity contribution in [2.75, 3.05) is 36.4 Å². The summed E-state index contributed by atoms with van der Waals surface area (Å²) < 4.78 is 27.7. The maximum atomic E-state index is 13.1. The molecular formula is C22H28ClN5O3S. The number of piperidine rings is 1. The number of rotatable bonds is 5. The van der Waals surface area contributed by atoms with Gasteiger partial charge in [-0.15, -0.1) is 10.2 Å². The van der Waals surface area contributed by atoms with Gasteiger partial charge in [0.25, 0.3) is 0 Å². The van der Waals surface area contributed by atoms with Gasteiger partial charge in [-0.25, -0.2) is 8.42 Å². The number of nitrogens with one attached hydrogen (secondary N) is 1. The molecule has 1 amide bonds. The van der Waals surface area contributed by atoms with Crippen molar-refractivity contribution in [3.05, 3.63) is 41.6 Å². The highest BCUT2D eigenvalue weighted by molar-refractivity contribution is 7.89. The molecule has 3 heterocycles. The van der Waals surface area contributed by atoms with Crippen LogP contribution in [0.3, 0.4) is 0 Å². The number of amides is 1. The molecular weight excluding hydrogens is 450 g/mol. The quantitative estimate of drug-likeness (QED) is 0.707. The Labute approximate surface area is 194 Å². The molecule has 32 heavy (non-hydrogen) atoms. The van der Waals surface area contributed by atoms with Crippen LogP contribution in [0.5, 0.6) is 0 Å². The molecule has 0 aliphatic carbocycles. The van der Waals surface area contributed by atoms with E-state index in [1.165, 1.54) is 0 Å². The molecule has 1 atom stereocenters. The van der Waals surface area contributed by atoms with Gasteiger partial charge in [-0.3, -0.25) is 4.79 Å². The van der Waals surface area contributed by atoms with E-state index in [2.05, 4.69) is 15.5 Å². The van der Waals surface area contributed by atoms with Crippen LogP contribution in [0.15, 0.2) is 41.3 Å². The molecule has 0 radical (unpaired) electrons. The number of halogens is 1. The van der Waals surface area contributed by atoms with Crippen molar-refractivity contribution in [3.8, 4) is 0 Å². The molecule has 1 aromatic heterocycles. The number of hydrogen-bond acceptors (Lipinski definition) is 6. The zero-order valence-corrected chi connectivity index (χ0v) is 19.5. The molecule has 8 nitrogen and oxygen atoms in total. The van der Waals surface area contributed by atoms with E-state index in [-0.39, 0.29) is 16.7 Å². The Bertz CT molecular complexity index is 1040. The maximum absolute atomic E-state index is 13.1. The minimum absolute atomic E-state index is 0.124. The lowest BCUT2D eigenvalue weighted by molar-refractivity contribution is -0.120. The fraction of sp³-hybridized carbons (Fsp3) is 0.500. The van der Waals surface area contributed by atoms with Crippen LogP contribution in [0, 0.1) is 5.92 Å². The maximum Gasteiger partial charge on any atom is 0.243 e. The first kappa shape index (κ1) is 22.9. The van der Waals surface area contributed by atoms with Crippen molar-refractivity contribution >= 4 is 39.0 Å². The second kappa shape index (κ2) is 10.1. The molecule has 1 aromatic carbocycles. The Morgan fingerprint density at radius 1 is 1.00 bits per heavy atom. The molecule has 0 bridgehead atoms. The minimum Gasteiger partial charge on any atom is -0.354 e. The first-order valence-electron chi connectivity index (χ1n) is 11.1. The Morgan fingerprint density at radius 3 is 2.50 bits per heavy atom. The highest BCUT2D eigenvalue weighted by atomic mass is 35.5. The van der Waals surface area contributed by atoms with E-state index in [1.807, 2.05) is 4.90 Å². The number of aromatic nitrogens is 2. The Balaban J connectivity index is 1.43. The number of nitrogens with zero attached hydrogens (tertiary/aromatic N) is 4. The average Bonchev–Trinajstić information content (AvgIpc) is 3.10. The molecule has 0 saturated carbocycles. The number of sulfonamides is 1. The Morgan fingerprint density at radius 2 is 1.78 bits per heavy atom. The summed E-state index contributed by atoms with van der Waals surface area (Å²) in [4.78, 5) is 15.2. The summed E-state index contributed by atoms with van der Waals surface area (Å²) in [5.74, 6) is 0.338. The third kappa shape index (κ3) is 5.39. The van der Waals surface area contributed by atoms with Gasteiger partial charge in [0.15, 0.2) is 11.0 Å². The van der Waals surface area contributed by atoms with Gasteiger partial charge >= 0.3 is 0 Å². The molecule has 4 rings (SSSR count). The van der Waals surface area contributed by atoms with Crippen molar-refractivity contribution in [1.29, 1.82) is 0 Å². The van der Waals surface area contributed by atoms with E-state index >= 15 is 0 Å². The van der Waals surface area contributed by atoms with Crippen LogP contribution in [0.2, 0.25) is 5.15 Å². The third-order valence-corrected chi connectivity index (χ3v) is 8.13. The summed E-state index contributed by atoms with van der Waals surface area (Å²) in [7, 11) is -3.57. The van der Waals surface area contributed by atoms with Crippen molar-refractivity contribution in [1.82, 2.24) is 14.5 Å². The van der Waals surface area contributed by atoms with Gasteiger partial charge in [0.1, 0.15) is 0 Å².